The molecule has 5 nitrogen and oxygen atoms in total. The molecule has 6 heteroatoms. The number of nitrogens with zero attached hydrogens (tertiary/aromatic N) is 4. The molecule has 0 unspecified atom stereocenters. The van der Waals surface area contributed by atoms with E-state index in [9.17, 15) is 4.79 Å². The van der Waals surface area contributed by atoms with E-state index < -0.39 is 0 Å². The Morgan fingerprint density at radius 2 is 1.62 bits per heavy atom. The quantitative estimate of drug-likeness (QED) is 0.430. The van der Waals surface area contributed by atoms with E-state index in [0.717, 1.165) is 59.0 Å². The van der Waals surface area contributed by atoms with Gasteiger partial charge in [-0.05, 0) is 55.0 Å². The molecule has 1 aliphatic heterocycles. The van der Waals surface area contributed by atoms with Gasteiger partial charge >= 0.3 is 0 Å². The summed E-state index contributed by atoms with van der Waals surface area (Å²) in [5, 5.41) is 1.96. The Balaban J connectivity index is 1.52. The first-order valence-electron chi connectivity index (χ1n) is 11.0. The number of hydrogen-bond donors (Lipinski definition) is 0. The average Bonchev–Trinajstić information content (AvgIpc) is 3.24. The number of carbonyl (C=O) groups excluding carboxylic acids is 1. The van der Waals surface area contributed by atoms with E-state index in [1.807, 2.05) is 40.6 Å². The fraction of sp³-hybridized carbons (Fsp3) is 0.269. The molecule has 2 aromatic carbocycles. The van der Waals surface area contributed by atoms with E-state index >= 15 is 0 Å². The minimum atomic E-state index is 0.126. The number of carbonyl (C=O) groups is 1. The first kappa shape index (κ1) is 20.6. The number of aryl methyl sites for hydroxylation is 2. The van der Waals surface area contributed by atoms with Crippen LogP contribution in [-0.4, -0.2) is 47.0 Å². The third-order valence-corrected chi connectivity index (χ3v) is 6.98. The summed E-state index contributed by atoms with van der Waals surface area (Å²) in [6.07, 6.45) is 0.901. The second-order valence-corrected chi connectivity index (χ2v) is 9.24. The van der Waals surface area contributed by atoms with Crippen LogP contribution in [0.1, 0.15) is 27.2 Å². The van der Waals surface area contributed by atoms with E-state index in [2.05, 4.69) is 43.0 Å². The minimum Gasteiger partial charge on any atom is -0.353 e. The van der Waals surface area contributed by atoms with E-state index in [4.69, 9.17) is 9.97 Å². The fourth-order valence-corrected chi connectivity index (χ4v) is 4.89. The number of benzene rings is 2. The molecule has 0 spiro atoms. The van der Waals surface area contributed by atoms with Gasteiger partial charge < -0.3 is 9.80 Å². The number of rotatable bonds is 3. The normalized spacial score (nSPS) is 14.6. The van der Waals surface area contributed by atoms with Gasteiger partial charge in [0.1, 0.15) is 5.69 Å². The third kappa shape index (κ3) is 3.98. The highest BCUT2D eigenvalue weighted by Gasteiger charge is 2.24. The molecule has 3 heterocycles. The average molecular weight is 443 g/mol. The van der Waals surface area contributed by atoms with Crippen LogP contribution < -0.4 is 4.90 Å². The maximum atomic E-state index is 12.9. The van der Waals surface area contributed by atoms with Crippen LogP contribution in [0.4, 0.5) is 5.82 Å². The highest BCUT2D eigenvalue weighted by atomic mass is 32.1. The molecule has 0 N–H and O–H groups in total. The lowest BCUT2D eigenvalue weighted by Gasteiger charge is -2.25. The standard InChI is InChI=1S/C26H26N4OS/c1-18-16-21-22(17-19(18)2)28-25(24(27-21)20-8-4-3-5-9-20)29-11-7-12-30(14-13-29)26(31)23-10-6-15-32-23/h3-6,8-10,15-17H,7,11-14H2,1-2H3. The van der Waals surface area contributed by atoms with Crippen LogP contribution in [-0.2, 0) is 0 Å². The van der Waals surface area contributed by atoms with Crippen LogP contribution in [0.3, 0.4) is 0 Å². The number of hydrogen-bond acceptors (Lipinski definition) is 5. The van der Waals surface area contributed by atoms with Crippen LogP contribution >= 0.6 is 11.3 Å². The molecule has 1 saturated heterocycles. The Hall–Kier alpha value is -3.25. The molecular weight excluding hydrogens is 416 g/mol. The zero-order chi connectivity index (χ0) is 22.1. The van der Waals surface area contributed by atoms with E-state index in [-0.39, 0.29) is 5.91 Å². The molecule has 4 aromatic rings. The Bertz CT molecular complexity index is 1250. The second kappa shape index (κ2) is 8.71. The van der Waals surface area contributed by atoms with Gasteiger partial charge in [0.05, 0.1) is 15.9 Å². The number of anilines is 1. The van der Waals surface area contributed by atoms with Crippen LogP contribution in [0.5, 0.6) is 0 Å². The van der Waals surface area contributed by atoms with Crippen molar-refractivity contribution >= 4 is 34.1 Å². The molecule has 2 aromatic heterocycles. The Kier molecular flexibility index (Phi) is 5.62. The predicted molar refractivity (Wildman–Crippen MR) is 132 cm³/mol. The number of fused-ring (bicyclic) bond motifs is 1. The molecule has 0 atom stereocenters. The maximum absolute atomic E-state index is 12.9. The molecule has 0 aliphatic carbocycles. The smallest absolute Gasteiger partial charge is 0.263 e. The van der Waals surface area contributed by atoms with Crippen LogP contribution in [0.25, 0.3) is 22.3 Å². The predicted octanol–water partition coefficient (Wildman–Crippen LogP) is 5.33. The van der Waals surface area contributed by atoms with Gasteiger partial charge in [0.25, 0.3) is 5.91 Å². The second-order valence-electron chi connectivity index (χ2n) is 8.30. The van der Waals surface area contributed by atoms with Gasteiger partial charge in [-0.25, -0.2) is 9.97 Å². The van der Waals surface area contributed by atoms with Crippen molar-refractivity contribution in [2.24, 2.45) is 0 Å². The van der Waals surface area contributed by atoms with Gasteiger partial charge in [-0.1, -0.05) is 36.4 Å². The number of aromatic nitrogens is 2. The number of thiophene rings is 1. The lowest BCUT2D eigenvalue weighted by Crippen LogP contribution is -2.35. The van der Waals surface area contributed by atoms with E-state index in [0.29, 0.717) is 6.54 Å². The monoisotopic (exact) mass is 442 g/mol. The molecule has 1 amide bonds. The maximum Gasteiger partial charge on any atom is 0.263 e. The lowest BCUT2D eigenvalue weighted by atomic mass is 10.1. The largest absolute Gasteiger partial charge is 0.353 e. The highest BCUT2D eigenvalue weighted by molar-refractivity contribution is 7.12. The zero-order valence-corrected chi connectivity index (χ0v) is 19.2. The topological polar surface area (TPSA) is 49.3 Å². The fourth-order valence-electron chi connectivity index (χ4n) is 4.20. The van der Waals surface area contributed by atoms with Gasteiger partial charge in [-0.15, -0.1) is 11.3 Å². The lowest BCUT2D eigenvalue weighted by molar-refractivity contribution is 0.0772. The van der Waals surface area contributed by atoms with Gasteiger partial charge in [0.2, 0.25) is 0 Å². The summed E-state index contributed by atoms with van der Waals surface area (Å²) in [5.41, 5.74) is 6.23. The highest BCUT2D eigenvalue weighted by Crippen LogP contribution is 2.31. The molecule has 32 heavy (non-hydrogen) atoms. The van der Waals surface area contributed by atoms with Crippen molar-refractivity contribution in [2.45, 2.75) is 20.3 Å². The van der Waals surface area contributed by atoms with Crippen molar-refractivity contribution in [2.75, 3.05) is 31.1 Å². The minimum absolute atomic E-state index is 0.126. The molecular formula is C26H26N4OS. The first-order chi connectivity index (χ1) is 15.6. The number of amides is 1. The SMILES string of the molecule is Cc1cc2nc(-c3ccccc3)c(N3CCCN(C(=O)c4cccs4)CC3)nc2cc1C. The van der Waals surface area contributed by atoms with Gasteiger partial charge in [0.15, 0.2) is 5.82 Å². The van der Waals surface area contributed by atoms with Crippen LogP contribution in [0.15, 0.2) is 60.0 Å². The summed E-state index contributed by atoms with van der Waals surface area (Å²) in [6.45, 7) is 7.24. The van der Waals surface area contributed by atoms with Crippen molar-refractivity contribution < 1.29 is 4.79 Å². The molecule has 0 radical (unpaired) electrons. The van der Waals surface area contributed by atoms with Crippen molar-refractivity contribution in [3.05, 3.63) is 76.0 Å². The molecule has 5 rings (SSSR count). The van der Waals surface area contributed by atoms with Gasteiger partial charge in [-0.2, -0.15) is 0 Å². The summed E-state index contributed by atoms with van der Waals surface area (Å²) in [4.78, 5) is 28.1. The van der Waals surface area contributed by atoms with E-state index in [1.165, 1.54) is 22.5 Å². The van der Waals surface area contributed by atoms with Crippen LogP contribution in [0.2, 0.25) is 0 Å². The summed E-state index contributed by atoms with van der Waals surface area (Å²) >= 11 is 1.51. The summed E-state index contributed by atoms with van der Waals surface area (Å²) < 4.78 is 0. The zero-order valence-electron chi connectivity index (χ0n) is 18.4. The molecule has 0 saturated carbocycles. The van der Waals surface area contributed by atoms with Crippen molar-refractivity contribution in [1.82, 2.24) is 14.9 Å². The molecule has 1 aliphatic rings. The van der Waals surface area contributed by atoms with Crippen molar-refractivity contribution in [3.63, 3.8) is 0 Å². The van der Waals surface area contributed by atoms with Crippen LogP contribution in [0, 0.1) is 13.8 Å². The molecule has 0 bridgehead atoms. The first-order valence-corrected chi connectivity index (χ1v) is 11.9. The molecule has 162 valence electrons. The summed E-state index contributed by atoms with van der Waals surface area (Å²) in [5.74, 6) is 1.03. The van der Waals surface area contributed by atoms with Crippen molar-refractivity contribution in [1.29, 1.82) is 0 Å². The Morgan fingerprint density at radius 1 is 0.875 bits per heavy atom. The third-order valence-electron chi connectivity index (χ3n) is 6.12. The molecule has 1 fully saturated rings. The summed E-state index contributed by atoms with van der Waals surface area (Å²) in [6, 6.07) is 18.4. The van der Waals surface area contributed by atoms with Gasteiger partial charge in [-0.3, -0.25) is 4.79 Å². The Labute approximate surface area is 192 Å². The Morgan fingerprint density at radius 3 is 2.34 bits per heavy atom. The summed E-state index contributed by atoms with van der Waals surface area (Å²) in [7, 11) is 0. The van der Waals surface area contributed by atoms with Crippen molar-refractivity contribution in [3.8, 4) is 11.3 Å². The van der Waals surface area contributed by atoms with Gasteiger partial charge in [0, 0.05) is 31.7 Å². The van der Waals surface area contributed by atoms with E-state index in [1.54, 1.807) is 0 Å².